The van der Waals surface area contributed by atoms with Crippen LogP contribution in [0.15, 0.2) is 54.5 Å². The molecule has 1 heterocycles. The molecule has 0 N–H and O–H groups in total. The van der Waals surface area contributed by atoms with Gasteiger partial charge in [-0.2, -0.15) is 4.31 Å². The maximum atomic E-state index is 12.7. The summed E-state index contributed by atoms with van der Waals surface area (Å²) in [6, 6.07) is 6.19. The Bertz CT molecular complexity index is 736. The number of hydrogen-bond acceptors (Lipinski definition) is 3. The van der Waals surface area contributed by atoms with E-state index in [1.165, 1.54) is 28.6 Å². The molecule has 142 valence electrons. The van der Waals surface area contributed by atoms with Crippen LogP contribution in [0.1, 0.15) is 30.6 Å². The van der Waals surface area contributed by atoms with Crippen LogP contribution in [0.3, 0.4) is 0 Å². The summed E-state index contributed by atoms with van der Waals surface area (Å²) in [5, 5.41) is 0. The minimum absolute atomic E-state index is 0.0404. The second-order valence-electron chi connectivity index (χ2n) is 7.08. The third-order valence-electron chi connectivity index (χ3n) is 4.56. The Kier molecular flexibility index (Phi) is 6.78. The first-order chi connectivity index (χ1) is 12.3. The number of nitrogens with zero attached hydrogens (tertiary/aromatic N) is 2. The van der Waals surface area contributed by atoms with E-state index in [1.807, 2.05) is 4.90 Å². The molecule has 1 aliphatic rings. The van der Waals surface area contributed by atoms with E-state index in [-0.39, 0.29) is 23.9 Å². The van der Waals surface area contributed by atoms with E-state index < -0.39 is 10.0 Å². The van der Waals surface area contributed by atoms with Crippen LogP contribution in [-0.4, -0.2) is 49.7 Å². The lowest BCUT2D eigenvalue weighted by Crippen LogP contribution is -2.42. The zero-order valence-electron chi connectivity index (χ0n) is 15.6. The molecule has 1 aliphatic heterocycles. The van der Waals surface area contributed by atoms with Crippen molar-refractivity contribution in [2.75, 3.05) is 26.2 Å². The van der Waals surface area contributed by atoms with Crippen molar-refractivity contribution in [3.05, 3.63) is 55.1 Å². The number of carbonyl (C=O) groups is 1. The molecule has 0 unspecified atom stereocenters. The van der Waals surface area contributed by atoms with Crippen molar-refractivity contribution >= 4 is 15.9 Å². The van der Waals surface area contributed by atoms with Gasteiger partial charge in [-0.3, -0.25) is 4.79 Å². The number of piperidine rings is 1. The van der Waals surface area contributed by atoms with Crippen LogP contribution < -0.4 is 0 Å². The molecule has 0 aromatic heterocycles. The molecule has 5 nitrogen and oxygen atoms in total. The van der Waals surface area contributed by atoms with Crippen LogP contribution >= 0.6 is 0 Å². The lowest BCUT2D eigenvalue weighted by atomic mass is 9.91. The average molecular weight is 377 g/mol. The predicted octanol–water partition coefficient (Wildman–Crippen LogP) is 3.17. The second-order valence-corrected chi connectivity index (χ2v) is 9.02. The zero-order chi connectivity index (χ0) is 19.3. The Hall–Kier alpha value is -1.92. The summed E-state index contributed by atoms with van der Waals surface area (Å²) in [4.78, 5) is 14.8. The topological polar surface area (TPSA) is 57.7 Å². The molecule has 0 radical (unpaired) electrons. The summed E-state index contributed by atoms with van der Waals surface area (Å²) in [5.41, 5.74) is 0.518. The fraction of sp³-hybridized carbons (Fsp3) is 0.450. The van der Waals surface area contributed by atoms with E-state index in [0.717, 1.165) is 19.5 Å². The van der Waals surface area contributed by atoms with Crippen molar-refractivity contribution in [3.8, 4) is 0 Å². The number of carbonyl (C=O) groups excluding carboxylic acids is 1. The first-order valence-electron chi connectivity index (χ1n) is 8.90. The molecule has 1 saturated heterocycles. The number of rotatable bonds is 7. The summed E-state index contributed by atoms with van der Waals surface area (Å²) in [5.74, 6) is 0.920. The lowest BCUT2D eigenvalue weighted by Gasteiger charge is -2.35. The highest BCUT2D eigenvalue weighted by molar-refractivity contribution is 7.89. The van der Waals surface area contributed by atoms with Gasteiger partial charge in [-0.1, -0.05) is 26.0 Å². The highest BCUT2D eigenvalue weighted by atomic mass is 32.2. The van der Waals surface area contributed by atoms with Crippen molar-refractivity contribution in [2.45, 2.75) is 25.2 Å². The van der Waals surface area contributed by atoms with Gasteiger partial charge in [-0.25, -0.2) is 8.42 Å². The molecule has 0 bridgehead atoms. The smallest absolute Gasteiger partial charge is 0.253 e. The lowest BCUT2D eigenvalue weighted by molar-refractivity contribution is 0.0623. The van der Waals surface area contributed by atoms with Gasteiger partial charge < -0.3 is 4.90 Å². The summed E-state index contributed by atoms with van der Waals surface area (Å²) >= 11 is 0. The van der Waals surface area contributed by atoms with E-state index in [4.69, 9.17) is 0 Å². The molecule has 1 aromatic rings. The first kappa shape index (κ1) is 20.4. The van der Waals surface area contributed by atoms with Gasteiger partial charge in [0.05, 0.1) is 4.90 Å². The maximum absolute atomic E-state index is 12.7. The van der Waals surface area contributed by atoms with Crippen molar-refractivity contribution in [1.29, 1.82) is 0 Å². The van der Waals surface area contributed by atoms with Gasteiger partial charge in [-0.05, 0) is 42.5 Å². The Morgan fingerprint density at radius 3 is 2.08 bits per heavy atom. The molecule has 1 amide bonds. The summed E-state index contributed by atoms with van der Waals surface area (Å²) in [7, 11) is -3.64. The van der Waals surface area contributed by atoms with E-state index in [2.05, 4.69) is 27.0 Å². The van der Waals surface area contributed by atoms with Crippen molar-refractivity contribution < 1.29 is 13.2 Å². The minimum Gasteiger partial charge on any atom is -0.338 e. The van der Waals surface area contributed by atoms with Crippen molar-refractivity contribution in [3.63, 3.8) is 0 Å². The standard InChI is InChI=1S/C20H28N2O3S/c1-5-11-22(12-6-2)26(24,25)19-9-7-18(8-10-19)20(23)21-14-16(3)13-17(4)15-21/h5-10,16-17H,1-2,11-15H2,3-4H3/t16-,17-/m1/s1. The molecule has 26 heavy (non-hydrogen) atoms. The number of amides is 1. The van der Waals surface area contributed by atoms with Crippen molar-refractivity contribution in [1.82, 2.24) is 9.21 Å². The normalized spacial score (nSPS) is 20.8. The summed E-state index contributed by atoms with van der Waals surface area (Å²) in [6.07, 6.45) is 4.21. The Labute approximate surface area is 157 Å². The van der Waals surface area contributed by atoms with E-state index in [1.54, 1.807) is 12.1 Å². The monoisotopic (exact) mass is 376 g/mol. The van der Waals surface area contributed by atoms with Crippen LogP contribution in [-0.2, 0) is 10.0 Å². The fourth-order valence-electron chi connectivity index (χ4n) is 3.49. The Balaban J connectivity index is 2.20. The SMILES string of the molecule is C=CCN(CC=C)S(=O)(=O)c1ccc(C(=O)N2C[C@H](C)C[C@@H](C)C2)cc1. The molecule has 0 spiro atoms. The van der Waals surface area contributed by atoms with Gasteiger partial charge in [0.25, 0.3) is 5.91 Å². The van der Waals surface area contributed by atoms with E-state index >= 15 is 0 Å². The summed E-state index contributed by atoms with van der Waals surface area (Å²) < 4.78 is 26.7. The number of hydrogen-bond donors (Lipinski definition) is 0. The van der Waals surface area contributed by atoms with Crippen LogP contribution in [0.2, 0.25) is 0 Å². The van der Waals surface area contributed by atoms with Gasteiger partial charge in [0.15, 0.2) is 0 Å². The minimum atomic E-state index is -3.64. The van der Waals surface area contributed by atoms with Gasteiger partial charge >= 0.3 is 0 Å². The fourth-order valence-corrected chi connectivity index (χ4v) is 4.87. The van der Waals surface area contributed by atoms with Crippen LogP contribution in [0, 0.1) is 11.8 Å². The largest absolute Gasteiger partial charge is 0.338 e. The average Bonchev–Trinajstić information content (AvgIpc) is 2.60. The Morgan fingerprint density at radius 1 is 1.12 bits per heavy atom. The molecule has 2 rings (SSSR count). The molecule has 2 atom stereocenters. The zero-order valence-corrected chi connectivity index (χ0v) is 16.4. The van der Waals surface area contributed by atoms with E-state index in [0.29, 0.717) is 17.4 Å². The molecular formula is C20H28N2O3S. The van der Waals surface area contributed by atoms with Crippen molar-refractivity contribution in [2.24, 2.45) is 11.8 Å². The predicted molar refractivity (Wildman–Crippen MR) is 104 cm³/mol. The van der Waals surface area contributed by atoms with Crippen LogP contribution in [0.25, 0.3) is 0 Å². The van der Waals surface area contributed by atoms with E-state index in [9.17, 15) is 13.2 Å². The molecule has 1 aromatic carbocycles. The second kappa shape index (κ2) is 8.64. The summed E-state index contributed by atoms with van der Waals surface area (Å²) in [6.45, 7) is 13.4. The first-order valence-corrected chi connectivity index (χ1v) is 10.3. The third-order valence-corrected chi connectivity index (χ3v) is 6.41. The quantitative estimate of drug-likeness (QED) is 0.687. The van der Waals surface area contributed by atoms with Gasteiger partial charge in [0.2, 0.25) is 10.0 Å². The number of likely N-dealkylation sites (tertiary alicyclic amines) is 1. The molecule has 1 fully saturated rings. The molecule has 0 aliphatic carbocycles. The highest BCUT2D eigenvalue weighted by Crippen LogP contribution is 2.23. The number of benzene rings is 1. The molecular weight excluding hydrogens is 348 g/mol. The maximum Gasteiger partial charge on any atom is 0.253 e. The third kappa shape index (κ3) is 4.62. The molecule has 6 heteroatoms. The van der Waals surface area contributed by atoms with Gasteiger partial charge in [0.1, 0.15) is 0 Å². The highest BCUT2D eigenvalue weighted by Gasteiger charge is 2.27. The van der Waals surface area contributed by atoms with Gasteiger partial charge in [-0.15, -0.1) is 13.2 Å². The molecule has 0 saturated carbocycles. The van der Waals surface area contributed by atoms with Crippen LogP contribution in [0.5, 0.6) is 0 Å². The van der Waals surface area contributed by atoms with Gasteiger partial charge in [0, 0.05) is 31.7 Å². The Morgan fingerprint density at radius 2 is 1.62 bits per heavy atom. The number of sulfonamides is 1. The van der Waals surface area contributed by atoms with Crippen LogP contribution in [0.4, 0.5) is 0 Å².